The zero-order valence-electron chi connectivity index (χ0n) is 18.8. The number of morpholine rings is 1. The lowest BCUT2D eigenvalue weighted by molar-refractivity contribution is -0.117. The van der Waals surface area contributed by atoms with Gasteiger partial charge in [-0.1, -0.05) is 18.2 Å². The Morgan fingerprint density at radius 1 is 1.21 bits per heavy atom. The number of phenols is 1. The summed E-state index contributed by atoms with van der Waals surface area (Å²) in [5.41, 5.74) is 15.7. The standard InChI is InChI=1S/C25H26N6O3/c1-15(27)25(33)30-21-12-16(6-7-22(21)31-8-10-34-11-9-31)18-13-20(29-24(28)19(18)14-26)17-4-2-3-5-23(17)32/h2-7,12-13,15,32H,8-11,27H2,1H3,(H2,28,29)(H,30,33)/t15-/m0/s1. The number of aromatic hydroxyl groups is 1. The average molecular weight is 459 g/mol. The topological polar surface area (TPSA) is 151 Å². The van der Waals surface area contributed by atoms with Crippen LogP contribution in [-0.4, -0.2) is 48.3 Å². The molecule has 0 radical (unpaired) electrons. The van der Waals surface area contributed by atoms with Gasteiger partial charge in [0, 0.05) is 24.2 Å². The summed E-state index contributed by atoms with van der Waals surface area (Å²) in [6.45, 7) is 4.16. The van der Waals surface area contributed by atoms with E-state index in [0.717, 1.165) is 5.69 Å². The van der Waals surface area contributed by atoms with Crippen LogP contribution in [0.5, 0.6) is 5.75 Å². The van der Waals surface area contributed by atoms with Crippen molar-refractivity contribution in [3.8, 4) is 34.2 Å². The summed E-state index contributed by atoms with van der Waals surface area (Å²) >= 11 is 0. The number of hydrogen-bond acceptors (Lipinski definition) is 8. The molecule has 0 bridgehead atoms. The predicted molar refractivity (Wildman–Crippen MR) is 131 cm³/mol. The van der Waals surface area contributed by atoms with Gasteiger partial charge in [0.25, 0.3) is 0 Å². The number of aromatic nitrogens is 1. The molecule has 1 fully saturated rings. The fourth-order valence-corrected chi connectivity index (χ4v) is 3.87. The molecule has 9 nitrogen and oxygen atoms in total. The number of nitrogens with zero attached hydrogens (tertiary/aromatic N) is 3. The molecule has 2 heterocycles. The van der Waals surface area contributed by atoms with E-state index < -0.39 is 6.04 Å². The number of carbonyl (C=O) groups is 1. The second kappa shape index (κ2) is 9.79. The van der Waals surface area contributed by atoms with Gasteiger partial charge in [0.05, 0.1) is 36.3 Å². The Balaban J connectivity index is 1.85. The van der Waals surface area contributed by atoms with E-state index in [9.17, 15) is 15.2 Å². The summed E-state index contributed by atoms with van der Waals surface area (Å²) in [7, 11) is 0. The average Bonchev–Trinajstić information content (AvgIpc) is 2.84. The Morgan fingerprint density at radius 2 is 1.94 bits per heavy atom. The van der Waals surface area contributed by atoms with Crippen LogP contribution in [-0.2, 0) is 9.53 Å². The number of ether oxygens (including phenoxy) is 1. The van der Waals surface area contributed by atoms with Gasteiger partial charge in [0.2, 0.25) is 5.91 Å². The van der Waals surface area contributed by atoms with Gasteiger partial charge < -0.3 is 31.5 Å². The van der Waals surface area contributed by atoms with Crippen LogP contribution in [0.3, 0.4) is 0 Å². The van der Waals surface area contributed by atoms with Crippen LogP contribution in [0.15, 0.2) is 48.5 Å². The Morgan fingerprint density at radius 3 is 2.62 bits per heavy atom. The zero-order chi connectivity index (χ0) is 24.2. The number of carbonyl (C=O) groups excluding carboxylic acids is 1. The highest BCUT2D eigenvalue weighted by atomic mass is 16.5. The maximum Gasteiger partial charge on any atom is 0.241 e. The largest absolute Gasteiger partial charge is 0.507 e. The van der Waals surface area contributed by atoms with Crippen LogP contribution in [0.1, 0.15) is 12.5 Å². The van der Waals surface area contributed by atoms with Crippen LogP contribution in [0, 0.1) is 11.3 Å². The normalized spacial score (nSPS) is 14.3. The summed E-state index contributed by atoms with van der Waals surface area (Å²) < 4.78 is 5.46. The first kappa shape index (κ1) is 23.0. The van der Waals surface area contributed by atoms with Crippen LogP contribution in [0.25, 0.3) is 22.4 Å². The Bertz CT molecular complexity index is 1260. The van der Waals surface area contributed by atoms with Crippen molar-refractivity contribution >= 4 is 23.1 Å². The molecule has 3 aromatic rings. The third-order valence-electron chi connectivity index (χ3n) is 5.67. The van der Waals surface area contributed by atoms with Gasteiger partial charge in [-0.2, -0.15) is 5.26 Å². The molecule has 0 saturated carbocycles. The maximum absolute atomic E-state index is 12.5. The fraction of sp³-hybridized carbons (Fsp3) is 0.240. The second-order valence-electron chi connectivity index (χ2n) is 8.05. The van der Waals surface area contributed by atoms with Crippen LogP contribution < -0.4 is 21.7 Å². The van der Waals surface area contributed by atoms with Crippen molar-refractivity contribution in [2.45, 2.75) is 13.0 Å². The minimum Gasteiger partial charge on any atom is -0.507 e. The molecule has 1 aromatic heterocycles. The number of benzene rings is 2. The number of anilines is 3. The van der Waals surface area contributed by atoms with Crippen LogP contribution >= 0.6 is 0 Å². The molecule has 174 valence electrons. The van der Waals surface area contributed by atoms with E-state index in [1.165, 1.54) is 0 Å². The molecule has 0 spiro atoms. The summed E-state index contributed by atoms with van der Waals surface area (Å²) in [6.07, 6.45) is 0. The SMILES string of the molecule is C[C@H](N)C(=O)Nc1cc(-c2cc(-c3ccccc3O)nc(N)c2C#N)ccc1N1CCOCC1. The molecule has 0 aliphatic carbocycles. The highest BCUT2D eigenvalue weighted by Crippen LogP contribution is 2.37. The van der Waals surface area contributed by atoms with E-state index >= 15 is 0 Å². The molecule has 4 rings (SSSR count). The van der Waals surface area contributed by atoms with Gasteiger partial charge in [-0.3, -0.25) is 4.79 Å². The predicted octanol–water partition coefficient (Wildman–Crippen LogP) is 2.70. The number of rotatable bonds is 5. The van der Waals surface area contributed by atoms with E-state index in [4.69, 9.17) is 16.2 Å². The number of phenolic OH excluding ortho intramolecular Hbond substituents is 1. The molecule has 1 aliphatic heterocycles. The quantitative estimate of drug-likeness (QED) is 0.456. The molecule has 1 amide bonds. The Kier molecular flexibility index (Phi) is 6.63. The smallest absolute Gasteiger partial charge is 0.241 e. The van der Waals surface area contributed by atoms with Gasteiger partial charge in [0.1, 0.15) is 23.2 Å². The van der Waals surface area contributed by atoms with E-state index in [0.29, 0.717) is 54.4 Å². The fourth-order valence-electron chi connectivity index (χ4n) is 3.87. The lowest BCUT2D eigenvalue weighted by Gasteiger charge is -2.31. The van der Waals surface area contributed by atoms with Crippen molar-refractivity contribution in [1.82, 2.24) is 4.98 Å². The lowest BCUT2D eigenvalue weighted by Crippen LogP contribution is -2.37. The van der Waals surface area contributed by atoms with Gasteiger partial charge in [-0.05, 0) is 42.8 Å². The molecular formula is C25H26N6O3. The molecular weight excluding hydrogens is 432 g/mol. The van der Waals surface area contributed by atoms with Crippen molar-refractivity contribution in [2.24, 2.45) is 5.73 Å². The highest BCUT2D eigenvalue weighted by molar-refractivity contribution is 5.98. The van der Waals surface area contributed by atoms with Gasteiger partial charge in [-0.15, -0.1) is 0 Å². The van der Waals surface area contributed by atoms with Crippen LogP contribution in [0.2, 0.25) is 0 Å². The van der Waals surface area contributed by atoms with Crippen molar-refractivity contribution in [1.29, 1.82) is 5.26 Å². The number of amides is 1. The first-order chi connectivity index (χ1) is 16.4. The molecule has 1 atom stereocenters. The molecule has 0 unspecified atom stereocenters. The van der Waals surface area contributed by atoms with Crippen LogP contribution in [0.4, 0.5) is 17.2 Å². The summed E-state index contributed by atoms with van der Waals surface area (Å²) in [6, 6.07) is 15.5. The number of para-hydroxylation sites is 1. The highest BCUT2D eigenvalue weighted by Gasteiger charge is 2.20. The molecule has 9 heteroatoms. The lowest BCUT2D eigenvalue weighted by atomic mass is 9.97. The number of nitrogen functional groups attached to an aromatic ring is 1. The molecule has 6 N–H and O–H groups in total. The number of pyridine rings is 1. The van der Waals surface area contributed by atoms with Crippen molar-refractivity contribution < 1.29 is 14.6 Å². The van der Waals surface area contributed by atoms with E-state index in [2.05, 4.69) is 21.3 Å². The second-order valence-corrected chi connectivity index (χ2v) is 8.05. The third-order valence-corrected chi connectivity index (χ3v) is 5.67. The van der Waals surface area contributed by atoms with Gasteiger partial charge in [-0.25, -0.2) is 4.98 Å². The minimum absolute atomic E-state index is 0.0525. The Labute approximate surface area is 197 Å². The molecule has 2 aromatic carbocycles. The minimum atomic E-state index is -0.694. The van der Waals surface area contributed by atoms with Crippen molar-refractivity contribution in [3.63, 3.8) is 0 Å². The van der Waals surface area contributed by atoms with E-state index in [1.807, 2.05) is 12.1 Å². The molecule has 1 saturated heterocycles. The number of nitrogens with two attached hydrogens (primary N) is 2. The molecule has 34 heavy (non-hydrogen) atoms. The van der Waals surface area contributed by atoms with E-state index in [-0.39, 0.29) is 23.0 Å². The maximum atomic E-state index is 12.5. The van der Waals surface area contributed by atoms with Gasteiger partial charge in [0.15, 0.2) is 0 Å². The first-order valence-corrected chi connectivity index (χ1v) is 10.9. The summed E-state index contributed by atoms with van der Waals surface area (Å²) in [4.78, 5) is 18.9. The first-order valence-electron chi connectivity index (χ1n) is 10.9. The third kappa shape index (κ3) is 4.64. The van der Waals surface area contributed by atoms with E-state index in [1.54, 1.807) is 43.3 Å². The summed E-state index contributed by atoms with van der Waals surface area (Å²) in [5.74, 6) is -0.217. The summed E-state index contributed by atoms with van der Waals surface area (Å²) in [5, 5.41) is 23.0. The molecule has 1 aliphatic rings. The Hall–Kier alpha value is -4.13. The zero-order valence-corrected chi connectivity index (χ0v) is 18.8. The monoisotopic (exact) mass is 458 g/mol. The van der Waals surface area contributed by atoms with Crippen molar-refractivity contribution in [2.75, 3.05) is 42.3 Å². The van der Waals surface area contributed by atoms with Gasteiger partial charge >= 0.3 is 0 Å². The van der Waals surface area contributed by atoms with Crippen molar-refractivity contribution in [3.05, 3.63) is 54.1 Å². The number of nitrogens with one attached hydrogen (secondary N) is 1. The number of nitriles is 1. The number of hydrogen-bond donors (Lipinski definition) is 4.